The Morgan fingerprint density at radius 1 is 1.19 bits per heavy atom. The van der Waals surface area contributed by atoms with Crippen molar-refractivity contribution in [2.24, 2.45) is 0 Å². The van der Waals surface area contributed by atoms with E-state index in [1.165, 1.54) is 0 Å². The van der Waals surface area contributed by atoms with Crippen LogP contribution in [0.3, 0.4) is 0 Å². The molecule has 0 aliphatic carbocycles. The molecular weight excluding hydrogens is 262 g/mol. The highest BCUT2D eigenvalue weighted by Crippen LogP contribution is 2.19. The molecule has 21 heavy (non-hydrogen) atoms. The number of nitrogens with one attached hydrogen (secondary N) is 2. The van der Waals surface area contributed by atoms with Gasteiger partial charge in [-0.3, -0.25) is 4.79 Å². The number of anilines is 2. The van der Waals surface area contributed by atoms with Crippen molar-refractivity contribution in [1.29, 1.82) is 0 Å². The molecule has 1 amide bonds. The fourth-order valence-electron chi connectivity index (χ4n) is 2.04. The first-order chi connectivity index (χ1) is 9.97. The van der Waals surface area contributed by atoms with Gasteiger partial charge in [-0.2, -0.15) is 0 Å². The highest BCUT2D eigenvalue weighted by atomic mass is 16.1. The van der Waals surface area contributed by atoms with Gasteiger partial charge in [-0.15, -0.1) is 0 Å². The lowest BCUT2D eigenvalue weighted by molar-refractivity contribution is 0.102. The monoisotopic (exact) mass is 283 g/mol. The van der Waals surface area contributed by atoms with E-state index in [4.69, 9.17) is 0 Å². The molecule has 0 fully saturated rings. The predicted molar refractivity (Wildman–Crippen MR) is 86.9 cm³/mol. The summed E-state index contributed by atoms with van der Waals surface area (Å²) in [6.45, 7) is 8.01. The Labute approximate surface area is 125 Å². The molecule has 2 aromatic rings. The van der Waals surface area contributed by atoms with Gasteiger partial charge in [-0.25, -0.2) is 4.98 Å². The topological polar surface area (TPSA) is 54.0 Å². The quantitative estimate of drug-likeness (QED) is 0.898. The van der Waals surface area contributed by atoms with Crippen LogP contribution in [0.5, 0.6) is 0 Å². The van der Waals surface area contributed by atoms with Crippen LogP contribution in [0, 0.1) is 13.8 Å². The maximum atomic E-state index is 12.5. The number of hydrogen-bond acceptors (Lipinski definition) is 3. The Morgan fingerprint density at radius 2 is 1.95 bits per heavy atom. The number of aryl methyl sites for hydroxylation is 2. The SMILES string of the molecule is Cc1ccc(C)c(NC(=O)c2cccnc2NC(C)C)c1. The van der Waals surface area contributed by atoms with E-state index >= 15 is 0 Å². The molecule has 0 bridgehead atoms. The Kier molecular flexibility index (Phi) is 4.58. The van der Waals surface area contributed by atoms with Gasteiger partial charge in [0.15, 0.2) is 0 Å². The van der Waals surface area contributed by atoms with Crippen LogP contribution >= 0.6 is 0 Å². The molecule has 0 saturated heterocycles. The molecule has 0 aliphatic rings. The van der Waals surface area contributed by atoms with E-state index in [-0.39, 0.29) is 11.9 Å². The Morgan fingerprint density at radius 3 is 2.67 bits per heavy atom. The zero-order chi connectivity index (χ0) is 15.4. The lowest BCUT2D eigenvalue weighted by Crippen LogP contribution is -2.19. The van der Waals surface area contributed by atoms with Crippen LogP contribution in [-0.4, -0.2) is 16.9 Å². The van der Waals surface area contributed by atoms with Crippen molar-refractivity contribution >= 4 is 17.4 Å². The number of nitrogens with zero attached hydrogens (tertiary/aromatic N) is 1. The highest BCUT2D eigenvalue weighted by Gasteiger charge is 2.14. The number of hydrogen-bond donors (Lipinski definition) is 2. The molecule has 4 heteroatoms. The van der Waals surface area contributed by atoms with Gasteiger partial charge in [-0.1, -0.05) is 12.1 Å². The average molecular weight is 283 g/mol. The predicted octanol–water partition coefficient (Wildman–Crippen LogP) is 3.77. The van der Waals surface area contributed by atoms with E-state index in [0.717, 1.165) is 16.8 Å². The van der Waals surface area contributed by atoms with Crippen LogP contribution in [0.25, 0.3) is 0 Å². The van der Waals surface area contributed by atoms with Crippen molar-refractivity contribution in [3.8, 4) is 0 Å². The third-order valence-corrected chi connectivity index (χ3v) is 3.12. The Hall–Kier alpha value is -2.36. The van der Waals surface area contributed by atoms with Crippen LogP contribution < -0.4 is 10.6 Å². The summed E-state index contributed by atoms with van der Waals surface area (Å²) in [7, 11) is 0. The number of aromatic nitrogens is 1. The molecule has 1 heterocycles. The average Bonchev–Trinajstić information content (AvgIpc) is 2.42. The summed E-state index contributed by atoms with van der Waals surface area (Å²) in [5.74, 6) is 0.454. The second-order valence-corrected chi connectivity index (χ2v) is 5.47. The minimum Gasteiger partial charge on any atom is -0.367 e. The lowest BCUT2D eigenvalue weighted by atomic mass is 10.1. The first-order valence-electron chi connectivity index (χ1n) is 7.07. The number of carbonyl (C=O) groups excluding carboxylic acids is 1. The van der Waals surface area contributed by atoms with E-state index in [1.54, 1.807) is 18.3 Å². The first-order valence-corrected chi connectivity index (χ1v) is 7.07. The Bertz CT molecular complexity index is 650. The second-order valence-electron chi connectivity index (χ2n) is 5.47. The van der Waals surface area contributed by atoms with Crippen LogP contribution in [0.2, 0.25) is 0 Å². The van der Waals surface area contributed by atoms with Gasteiger partial charge in [0.25, 0.3) is 5.91 Å². The van der Waals surface area contributed by atoms with Gasteiger partial charge in [-0.05, 0) is 57.0 Å². The van der Waals surface area contributed by atoms with Crippen LogP contribution in [-0.2, 0) is 0 Å². The summed E-state index contributed by atoms with van der Waals surface area (Å²) in [4.78, 5) is 16.7. The van der Waals surface area contributed by atoms with Crippen molar-refractivity contribution in [2.45, 2.75) is 33.7 Å². The maximum Gasteiger partial charge on any atom is 0.259 e. The van der Waals surface area contributed by atoms with Crippen molar-refractivity contribution in [2.75, 3.05) is 10.6 Å². The highest BCUT2D eigenvalue weighted by molar-refractivity contribution is 6.07. The summed E-state index contributed by atoms with van der Waals surface area (Å²) in [5, 5.41) is 6.16. The van der Waals surface area contributed by atoms with Gasteiger partial charge < -0.3 is 10.6 Å². The van der Waals surface area contributed by atoms with E-state index in [2.05, 4.69) is 15.6 Å². The standard InChI is InChI=1S/C17H21N3O/c1-11(2)19-16-14(6-5-9-18-16)17(21)20-15-10-12(3)7-8-13(15)4/h5-11H,1-4H3,(H,18,19)(H,20,21). The first kappa shape index (κ1) is 15.0. The molecule has 110 valence electrons. The summed E-state index contributed by atoms with van der Waals surface area (Å²) in [6, 6.07) is 9.76. The molecule has 0 saturated carbocycles. The van der Waals surface area contributed by atoms with Gasteiger partial charge in [0.2, 0.25) is 0 Å². The maximum absolute atomic E-state index is 12.5. The number of carbonyl (C=O) groups is 1. The Balaban J connectivity index is 2.26. The van der Waals surface area contributed by atoms with Crippen molar-refractivity contribution in [3.05, 3.63) is 53.2 Å². The molecule has 2 N–H and O–H groups in total. The minimum absolute atomic E-state index is 0.153. The summed E-state index contributed by atoms with van der Waals surface area (Å²) in [5.41, 5.74) is 3.53. The number of pyridine rings is 1. The van der Waals surface area contributed by atoms with Crippen LogP contribution in [0.4, 0.5) is 11.5 Å². The van der Waals surface area contributed by atoms with E-state index in [1.807, 2.05) is 45.9 Å². The van der Waals surface area contributed by atoms with Gasteiger partial charge in [0.05, 0.1) is 5.56 Å². The molecule has 4 nitrogen and oxygen atoms in total. The van der Waals surface area contributed by atoms with Gasteiger partial charge in [0, 0.05) is 17.9 Å². The molecule has 0 unspecified atom stereocenters. The molecule has 2 rings (SSSR count). The van der Waals surface area contributed by atoms with E-state index in [0.29, 0.717) is 11.4 Å². The van der Waals surface area contributed by atoms with Crippen LogP contribution in [0.15, 0.2) is 36.5 Å². The molecule has 1 aromatic carbocycles. The minimum atomic E-state index is -0.153. The van der Waals surface area contributed by atoms with Crippen molar-refractivity contribution in [3.63, 3.8) is 0 Å². The van der Waals surface area contributed by atoms with Crippen molar-refractivity contribution in [1.82, 2.24) is 4.98 Å². The van der Waals surface area contributed by atoms with Crippen LogP contribution in [0.1, 0.15) is 35.3 Å². The number of benzene rings is 1. The van der Waals surface area contributed by atoms with Gasteiger partial charge in [0.1, 0.15) is 5.82 Å². The molecule has 0 radical (unpaired) electrons. The zero-order valence-corrected chi connectivity index (χ0v) is 12.9. The van der Waals surface area contributed by atoms with Crippen molar-refractivity contribution < 1.29 is 4.79 Å². The second kappa shape index (κ2) is 6.39. The summed E-state index contributed by atoms with van der Waals surface area (Å²) >= 11 is 0. The zero-order valence-electron chi connectivity index (χ0n) is 12.9. The summed E-state index contributed by atoms with van der Waals surface area (Å²) < 4.78 is 0. The smallest absolute Gasteiger partial charge is 0.259 e. The fourth-order valence-corrected chi connectivity index (χ4v) is 2.04. The third kappa shape index (κ3) is 3.81. The lowest BCUT2D eigenvalue weighted by Gasteiger charge is -2.14. The molecule has 0 aliphatic heterocycles. The molecule has 0 spiro atoms. The number of rotatable bonds is 4. The third-order valence-electron chi connectivity index (χ3n) is 3.12. The van der Waals surface area contributed by atoms with E-state index in [9.17, 15) is 4.79 Å². The largest absolute Gasteiger partial charge is 0.367 e. The van der Waals surface area contributed by atoms with E-state index < -0.39 is 0 Å². The number of amides is 1. The summed E-state index contributed by atoms with van der Waals surface area (Å²) in [6.07, 6.45) is 1.68. The fraction of sp³-hybridized carbons (Fsp3) is 0.294. The normalized spacial score (nSPS) is 10.5. The molecule has 1 aromatic heterocycles. The van der Waals surface area contributed by atoms with Gasteiger partial charge >= 0.3 is 0 Å². The molecular formula is C17H21N3O. The molecule has 0 atom stereocenters.